The second kappa shape index (κ2) is 7.50. The molecular weight excluding hydrogens is 288 g/mol. The largest absolute Gasteiger partial charge is 0.496 e. The standard InChI is InChI=1S/C19H22N2O2/c1-5-7-8-11-19(20-3,21-4)17-10-12-18(22-13-14-23-18)15-16(17)9-6-2/h9,16-17H,2,5,10-15H2,1H3. The Morgan fingerprint density at radius 3 is 2.57 bits per heavy atom. The van der Waals surface area contributed by atoms with E-state index in [1.165, 1.54) is 0 Å². The third-order valence-corrected chi connectivity index (χ3v) is 4.68. The molecule has 0 N–H and O–H groups in total. The minimum absolute atomic E-state index is 0.00836. The van der Waals surface area contributed by atoms with Gasteiger partial charge >= 0.3 is 5.66 Å². The van der Waals surface area contributed by atoms with Crippen molar-refractivity contribution in [2.75, 3.05) is 13.2 Å². The number of allylic oxidation sites excluding steroid dienone is 1. The molecule has 1 aliphatic heterocycles. The van der Waals surface area contributed by atoms with Crippen LogP contribution in [-0.4, -0.2) is 24.7 Å². The molecule has 1 saturated carbocycles. The van der Waals surface area contributed by atoms with Crippen LogP contribution in [-0.2, 0) is 9.47 Å². The minimum Gasteiger partial charge on any atom is -0.348 e. The Morgan fingerprint density at radius 1 is 1.30 bits per heavy atom. The van der Waals surface area contributed by atoms with Crippen molar-refractivity contribution in [3.63, 3.8) is 0 Å². The molecule has 0 bridgehead atoms. The molecule has 1 aliphatic carbocycles. The summed E-state index contributed by atoms with van der Waals surface area (Å²) < 4.78 is 11.6. The topological polar surface area (TPSA) is 27.2 Å². The van der Waals surface area contributed by atoms with Crippen molar-refractivity contribution in [3.8, 4) is 11.8 Å². The Morgan fingerprint density at radius 2 is 2.00 bits per heavy atom. The molecule has 2 rings (SSSR count). The number of nitrogens with zero attached hydrogens (tertiary/aromatic N) is 2. The van der Waals surface area contributed by atoms with Gasteiger partial charge in [0.15, 0.2) is 12.2 Å². The fourth-order valence-corrected chi connectivity index (χ4v) is 3.57. The van der Waals surface area contributed by atoms with Gasteiger partial charge in [0.25, 0.3) is 0 Å². The van der Waals surface area contributed by atoms with Gasteiger partial charge in [-0.05, 0) is 12.5 Å². The van der Waals surface area contributed by atoms with Crippen molar-refractivity contribution >= 4 is 0 Å². The molecule has 23 heavy (non-hydrogen) atoms. The highest BCUT2D eigenvalue weighted by Crippen LogP contribution is 2.48. The third kappa shape index (κ3) is 3.50. The first-order valence-corrected chi connectivity index (χ1v) is 8.02. The predicted octanol–water partition coefficient (Wildman–Crippen LogP) is 3.83. The number of rotatable bonds is 3. The second-order valence-electron chi connectivity index (χ2n) is 5.98. The molecular formula is C19H22N2O2. The molecule has 0 radical (unpaired) electrons. The van der Waals surface area contributed by atoms with Crippen LogP contribution in [0.2, 0.25) is 0 Å². The van der Waals surface area contributed by atoms with E-state index in [2.05, 4.69) is 33.8 Å². The summed E-state index contributed by atoms with van der Waals surface area (Å²) in [5.74, 6) is 5.33. The first kappa shape index (κ1) is 17.3. The van der Waals surface area contributed by atoms with Gasteiger partial charge < -0.3 is 9.47 Å². The minimum atomic E-state index is -1.14. The van der Waals surface area contributed by atoms with Crippen molar-refractivity contribution in [2.45, 2.75) is 50.5 Å². The number of hydrogen-bond acceptors (Lipinski definition) is 2. The van der Waals surface area contributed by atoms with Gasteiger partial charge in [0.1, 0.15) is 5.92 Å². The lowest BCUT2D eigenvalue weighted by molar-refractivity contribution is -0.192. The molecule has 1 heterocycles. The quantitative estimate of drug-likeness (QED) is 0.450. The Kier molecular flexibility index (Phi) is 5.65. The summed E-state index contributed by atoms with van der Waals surface area (Å²) >= 11 is 0. The van der Waals surface area contributed by atoms with Crippen LogP contribution in [0.4, 0.5) is 0 Å². The van der Waals surface area contributed by atoms with Crippen molar-refractivity contribution in [1.82, 2.24) is 0 Å². The van der Waals surface area contributed by atoms with Crippen LogP contribution in [0.5, 0.6) is 0 Å². The smallest absolute Gasteiger partial charge is 0.348 e. The van der Waals surface area contributed by atoms with Gasteiger partial charge in [0, 0.05) is 25.2 Å². The van der Waals surface area contributed by atoms with Gasteiger partial charge in [-0.2, -0.15) is 0 Å². The Balaban J connectivity index is 2.29. The van der Waals surface area contributed by atoms with Crippen molar-refractivity contribution in [3.05, 3.63) is 41.2 Å². The van der Waals surface area contributed by atoms with Gasteiger partial charge in [-0.1, -0.05) is 19.4 Å². The summed E-state index contributed by atoms with van der Waals surface area (Å²) in [6, 6.07) is 0. The molecule has 0 aromatic rings. The van der Waals surface area contributed by atoms with Crippen LogP contribution in [0.1, 0.15) is 39.0 Å². The lowest BCUT2D eigenvalue weighted by atomic mass is 9.69. The lowest BCUT2D eigenvalue weighted by Gasteiger charge is -2.39. The molecule has 4 nitrogen and oxygen atoms in total. The number of ether oxygens (including phenoxy) is 2. The summed E-state index contributed by atoms with van der Waals surface area (Å²) in [5, 5.41) is 0. The van der Waals surface area contributed by atoms with E-state index in [0.717, 1.165) is 6.42 Å². The van der Waals surface area contributed by atoms with E-state index in [0.29, 0.717) is 32.5 Å². The maximum Gasteiger partial charge on any atom is 0.496 e. The van der Waals surface area contributed by atoms with Gasteiger partial charge in [-0.15, -0.1) is 11.7 Å². The molecule has 2 aliphatic rings. The molecule has 2 atom stereocenters. The van der Waals surface area contributed by atoms with E-state index in [9.17, 15) is 0 Å². The molecule has 120 valence electrons. The van der Waals surface area contributed by atoms with E-state index in [1.807, 2.05) is 13.0 Å². The van der Waals surface area contributed by atoms with Crippen molar-refractivity contribution < 1.29 is 9.47 Å². The molecule has 4 heteroatoms. The van der Waals surface area contributed by atoms with Crippen LogP contribution in [0.3, 0.4) is 0 Å². The number of hydrogen-bond donors (Lipinski definition) is 0. The zero-order valence-corrected chi connectivity index (χ0v) is 13.6. The first-order chi connectivity index (χ1) is 11.2. The molecule has 0 aromatic heterocycles. The van der Waals surface area contributed by atoms with E-state index in [1.54, 1.807) is 0 Å². The van der Waals surface area contributed by atoms with Gasteiger partial charge in [0.2, 0.25) is 0 Å². The maximum atomic E-state index is 7.63. The van der Waals surface area contributed by atoms with E-state index < -0.39 is 11.4 Å². The summed E-state index contributed by atoms with van der Waals surface area (Å²) in [5.41, 5.74) is 1.69. The van der Waals surface area contributed by atoms with Crippen LogP contribution in [0, 0.1) is 36.8 Å². The molecule has 1 saturated heterocycles. The molecule has 2 unspecified atom stereocenters. The van der Waals surface area contributed by atoms with E-state index in [-0.39, 0.29) is 18.3 Å². The lowest BCUT2D eigenvalue weighted by Crippen LogP contribution is -2.46. The average molecular weight is 310 g/mol. The SMILES string of the molecule is [C-]#[N+]C(CC#CCC)([N+]#[C-])C1CCC2(CC1C=C=C)OCCO2. The fraction of sp³-hybridized carbons (Fsp3) is 0.632. The summed E-state index contributed by atoms with van der Waals surface area (Å²) in [4.78, 5) is 7.45. The van der Waals surface area contributed by atoms with Gasteiger partial charge in [-0.3, -0.25) is 0 Å². The average Bonchev–Trinajstić information content (AvgIpc) is 3.01. The maximum absolute atomic E-state index is 7.63. The highest BCUT2D eigenvalue weighted by atomic mass is 16.7. The summed E-state index contributed by atoms with van der Waals surface area (Å²) in [6.45, 7) is 22.1. The highest BCUT2D eigenvalue weighted by molar-refractivity contribution is 5.21. The molecule has 1 spiro atoms. The Labute approximate surface area is 138 Å². The zero-order chi connectivity index (χ0) is 16.8. The predicted molar refractivity (Wildman–Crippen MR) is 87.8 cm³/mol. The van der Waals surface area contributed by atoms with Crippen LogP contribution in [0.25, 0.3) is 9.69 Å². The second-order valence-corrected chi connectivity index (χ2v) is 5.98. The summed E-state index contributed by atoms with van der Waals surface area (Å²) in [7, 11) is 0. The van der Waals surface area contributed by atoms with Crippen molar-refractivity contribution in [2.24, 2.45) is 11.8 Å². The van der Waals surface area contributed by atoms with Gasteiger partial charge in [-0.25, -0.2) is 22.8 Å². The first-order valence-electron chi connectivity index (χ1n) is 8.02. The Bertz CT molecular complexity index is 602. The van der Waals surface area contributed by atoms with E-state index >= 15 is 0 Å². The summed E-state index contributed by atoms with van der Waals surface area (Å²) in [6.07, 6.45) is 4.96. The molecule has 0 amide bonds. The normalized spacial score (nSPS) is 25.5. The Hall–Kier alpha value is -2.02. The van der Waals surface area contributed by atoms with Gasteiger partial charge in [0.05, 0.1) is 13.2 Å². The van der Waals surface area contributed by atoms with Crippen LogP contribution >= 0.6 is 0 Å². The van der Waals surface area contributed by atoms with Crippen LogP contribution < -0.4 is 0 Å². The van der Waals surface area contributed by atoms with Crippen LogP contribution in [0.15, 0.2) is 18.4 Å². The monoisotopic (exact) mass is 310 g/mol. The van der Waals surface area contributed by atoms with E-state index in [4.69, 9.17) is 22.6 Å². The fourth-order valence-electron chi connectivity index (χ4n) is 3.57. The molecule has 0 aromatic carbocycles. The van der Waals surface area contributed by atoms with Crippen molar-refractivity contribution in [1.29, 1.82) is 0 Å². The highest BCUT2D eigenvalue weighted by Gasteiger charge is 2.59. The zero-order valence-electron chi connectivity index (χ0n) is 13.6. The third-order valence-electron chi connectivity index (χ3n) is 4.68. The molecule has 2 fully saturated rings.